The van der Waals surface area contributed by atoms with E-state index >= 15 is 0 Å². The van der Waals surface area contributed by atoms with Crippen LogP contribution in [-0.2, 0) is 20.1 Å². The standard InChI is InChI=1S/C18H28N6/c1-13(2)14(3)21-18(19-11-16-9-7-6-8-10-16)20-12-17-23-22-15(4)24(17)5/h6-10,13-14H,11-12H2,1-5H3,(H2,19,20,21). The van der Waals surface area contributed by atoms with Crippen molar-refractivity contribution in [2.75, 3.05) is 0 Å². The Balaban J connectivity index is 2.05. The Morgan fingerprint density at radius 2 is 1.88 bits per heavy atom. The zero-order valence-electron chi connectivity index (χ0n) is 15.2. The lowest BCUT2D eigenvalue weighted by molar-refractivity contribution is 0.479. The average molecular weight is 328 g/mol. The first-order valence-corrected chi connectivity index (χ1v) is 8.41. The van der Waals surface area contributed by atoms with Gasteiger partial charge in [-0.1, -0.05) is 44.2 Å². The normalized spacial score (nSPS) is 13.2. The van der Waals surface area contributed by atoms with Gasteiger partial charge in [0, 0.05) is 13.1 Å². The van der Waals surface area contributed by atoms with Crippen LogP contribution < -0.4 is 10.6 Å². The molecule has 0 saturated heterocycles. The number of aryl methyl sites for hydroxylation is 1. The molecule has 6 nitrogen and oxygen atoms in total. The van der Waals surface area contributed by atoms with Crippen molar-refractivity contribution in [1.29, 1.82) is 0 Å². The lowest BCUT2D eigenvalue weighted by atomic mass is 10.1. The molecule has 130 valence electrons. The highest BCUT2D eigenvalue weighted by molar-refractivity contribution is 5.80. The van der Waals surface area contributed by atoms with Gasteiger partial charge in [-0.15, -0.1) is 10.2 Å². The minimum atomic E-state index is 0.327. The highest BCUT2D eigenvalue weighted by Crippen LogP contribution is 2.03. The number of hydrogen-bond acceptors (Lipinski definition) is 3. The van der Waals surface area contributed by atoms with E-state index in [1.54, 1.807) is 0 Å². The number of guanidine groups is 1. The fourth-order valence-corrected chi connectivity index (χ4v) is 2.06. The van der Waals surface area contributed by atoms with E-state index in [1.165, 1.54) is 5.56 Å². The van der Waals surface area contributed by atoms with Crippen molar-refractivity contribution < 1.29 is 0 Å². The lowest BCUT2D eigenvalue weighted by Crippen LogP contribution is -2.44. The molecule has 0 fully saturated rings. The van der Waals surface area contributed by atoms with Gasteiger partial charge < -0.3 is 15.2 Å². The Labute approximate surface area is 144 Å². The second-order valence-corrected chi connectivity index (χ2v) is 6.40. The molecular weight excluding hydrogens is 300 g/mol. The molecular formula is C18H28N6. The Hall–Kier alpha value is -2.37. The first-order chi connectivity index (χ1) is 11.5. The molecule has 0 aliphatic heterocycles. The fraction of sp³-hybridized carbons (Fsp3) is 0.500. The maximum atomic E-state index is 4.70. The molecule has 0 aliphatic carbocycles. The third-order valence-electron chi connectivity index (χ3n) is 4.22. The quantitative estimate of drug-likeness (QED) is 0.631. The van der Waals surface area contributed by atoms with Crippen molar-refractivity contribution in [2.24, 2.45) is 18.0 Å². The summed E-state index contributed by atoms with van der Waals surface area (Å²) in [5.74, 6) is 3.10. The Kier molecular flexibility index (Phi) is 6.35. The van der Waals surface area contributed by atoms with Crippen LogP contribution in [0.4, 0.5) is 0 Å². The van der Waals surface area contributed by atoms with Gasteiger partial charge in [-0.25, -0.2) is 4.99 Å². The van der Waals surface area contributed by atoms with Crippen LogP contribution in [0.25, 0.3) is 0 Å². The number of hydrogen-bond donors (Lipinski definition) is 2. The summed E-state index contributed by atoms with van der Waals surface area (Å²) < 4.78 is 1.98. The van der Waals surface area contributed by atoms with Gasteiger partial charge in [0.25, 0.3) is 0 Å². The van der Waals surface area contributed by atoms with E-state index in [0.717, 1.165) is 17.6 Å². The minimum Gasteiger partial charge on any atom is -0.354 e. The molecule has 2 aromatic rings. The predicted molar refractivity (Wildman–Crippen MR) is 97.6 cm³/mol. The third kappa shape index (κ3) is 5.08. The van der Waals surface area contributed by atoms with Crippen LogP contribution in [0, 0.1) is 12.8 Å². The van der Waals surface area contributed by atoms with Crippen molar-refractivity contribution in [2.45, 2.75) is 46.8 Å². The van der Waals surface area contributed by atoms with Crippen molar-refractivity contribution in [3.05, 3.63) is 47.5 Å². The summed E-state index contributed by atoms with van der Waals surface area (Å²) in [5.41, 5.74) is 1.19. The maximum Gasteiger partial charge on any atom is 0.192 e. The summed E-state index contributed by atoms with van der Waals surface area (Å²) in [4.78, 5) is 4.70. The topological polar surface area (TPSA) is 67.1 Å². The average Bonchev–Trinajstić information content (AvgIpc) is 2.89. The van der Waals surface area contributed by atoms with E-state index in [9.17, 15) is 0 Å². The summed E-state index contributed by atoms with van der Waals surface area (Å²) in [6, 6.07) is 10.6. The number of aliphatic imine (C=N–C) groups is 1. The van der Waals surface area contributed by atoms with Crippen LogP contribution in [-0.4, -0.2) is 26.8 Å². The molecule has 0 saturated carbocycles. The van der Waals surface area contributed by atoms with Crippen LogP contribution in [0.2, 0.25) is 0 Å². The van der Waals surface area contributed by atoms with Crippen LogP contribution >= 0.6 is 0 Å². The second-order valence-electron chi connectivity index (χ2n) is 6.40. The van der Waals surface area contributed by atoms with E-state index in [0.29, 0.717) is 25.0 Å². The van der Waals surface area contributed by atoms with Gasteiger partial charge in [0.05, 0.1) is 13.1 Å². The maximum absolute atomic E-state index is 4.70. The molecule has 1 heterocycles. The van der Waals surface area contributed by atoms with Crippen molar-refractivity contribution >= 4 is 5.96 Å². The second kappa shape index (κ2) is 8.47. The molecule has 0 radical (unpaired) electrons. The first-order valence-electron chi connectivity index (χ1n) is 8.41. The van der Waals surface area contributed by atoms with E-state index in [4.69, 9.17) is 4.99 Å². The smallest absolute Gasteiger partial charge is 0.192 e. The molecule has 1 aromatic carbocycles. The van der Waals surface area contributed by atoms with Gasteiger partial charge in [-0.3, -0.25) is 0 Å². The van der Waals surface area contributed by atoms with Gasteiger partial charge >= 0.3 is 0 Å². The summed E-state index contributed by atoms with van der Waals surface area (Å²) >= 11 is 0. The first kappa shape index (κ1) is 18.0. The highest BCUT2D eigenvalue weighted by Gasteiger charge is 2.11. The SMILES string of the molecule is Cc1nnc(CNC(=NCc2ccccc2)NC(C)C(C)C)n1C. The van der Waals surface area contributed by atoms with E-state index in [1.807, 2.05) is 36.7 Å². The monoisotopic (exact) mass is 328 g/mol. The molecule has 1 atom stereocenters. The molecule has 0 aliphatic rings. The Bertz CT molecular complexity index is 659. The van der Waals surface area contributed by atoms with Crippen molar-refractivity contribution in [3.8, 4) is 0 Å². The Morgan fingerprint density at radius 1 is 1.17 bits per heavy atom. The molecule has 24 heavy (non-hydrogen) atoms. The van der Waals surface area contributed by atoms with Crippen LogP contribution in [0.5, 0.6) is 0 Å². The largest absolute Gasteiger partial charge is 0.354 e. The molecule has 2 N–H and O–H groups in total. The number of nitrogens with one attached hydrogen (secondary N) is 2. The predicted octanol–water partition coefficient (Wildman–Crippen LogP) is 2.40. The highest BCUT2D eigenvalue weighted by atomic mass is 15.3. The van der Waals surface area contributed by atoms with Crippen molar-refractivity contribution in [1.82, 2.24) is 25.4 Å². The summed E-state index contributed by atoms with van der Waals surface area (Å²) in [6.07, 6.45) is 0. The molecule has 1 aromatic heterocycles. The number of rotatable bonds is 6. The molecule has 0 spiro atoms. The van der Waals surface area contributed by atoms with E-state index in [2.05, 4.69) is 53.7 Å². The fourth-order valence-electron chi connectivity index (χ4n) is 2.06. The number of nitrogens with zero attached hydrogens (tertiary/aromatic N) is 4. The molecule has 0 bridgehead atoms. The van der Waals surface area contributed by atoms with Gasteiger partial charge in [-0.2, -0.15) is 0 Å². The minimum absolute atomic E-state index is 0.327. The zero-order valence-corrected chi connectivity index (χ0v) is 15.2. The zero-order chi connectivity index (χ0) is 17.5. The molecule has 0 amide bonds. The van der Waals surface area contributed by atoms with Crippen LogP contribution in [0.3, 0.4) is 0 Å². The van der Waals surface area contributed by atoms with Crippen LogP contribution in [0.1, 0.15) is 38.0 Å². The molecule has 6 heteroatoms. The van der Waals surface area contributed by atoms with Gasteiger partial charge in [-0.05, 0) is 25.3 Å². The third-order valence-corrected chi connectivity index (χ3v) is 4.22. The summed E-state index contributed by atoms with van der Waals surface area (Å²) in [6.45, 7) is 9.72. The molecule has 1 unspecified atom stereocenters. The Morgan fingerprint density at radius 3 is 2.46 bits per heavy atom. The van der Waals surface area contributed by atoms with Crippen molar-refractivity contribution in [3.63, 3.8) is 0 Å². The summed E-state index contributed by atoms with van der Waals surface area (Å²) in [5, 5.41) is 15.1. The molecule has 2 rings (SSSR count). The summed E-state index contributed by atoms with van der Waals surface area (Å²) in [7, 11) is 1.97. The van der Waals surface area contributed by atoms with E-state index < -0.39 is 0 Å². The number of benzene rings is 1. The van der Waals surface area contributed by atoms with E-state index in [-0.39, 0.29) is 0 Å². The lowest BCUT2D eigenvalue weighted by Gasteiger charge is -2.21. The van der Waals surface area contributed by atoms with Gasteiger partial charge in [0.15, 0.2) is 11.8 Å². The van der Waals surface area contributed by atoms with Gasteiger partial charge in [0.2, 0.25) is 0 Å². The van der Waals surface area contributed by atoms with Crippen LogP contribution in [0.15, 0.2) is 35.3 Å². The van der Waals surface area contributed by atoms with Gasteiger partial charge in [0.1, 0.15) is 5.82 Å². The number of aromatic nitrogens is 3.